The molecule has 1 rings (SSSR count). The minimum absolute atomic E-state index is 0.00938. The zero-order valence-corrected chi connectivity index (χ0v) is 14.5. The number of alkyl halides is 2. The van der Waals surface area contributed by atoms with Crippen LogP contribution in [0.1, 0.15) is 25.3 Å². The van der Waals surface area contributed by atoms with Gasteiger partial charge in [-0.15, -0.1) is 0 Å². The molecule has 1 aromatic rings. The molecule has 0 aliphatic carbocycles. The molecule has 0 heterocycles. The molecule has 1 aromatic carbocycles. The van der Waals surface area contributed by atoms with Crippen LogP contribution in [0.5, 0.6) is 0 Å². The van der Waals surface area contributed by atoms with Gasteiger partial charge in [0.25, 0.3) is 5.92 Å². The zero-order valence-electron chi connectivity index (χ0n) is 14.5. The molecule has 0 spiro atoms. The summed E-state index contributed by atoms with van der Waals surface area (Å²) in [7, 11) is 0. The first-order valence-electron chi connectivity index (χ1n) is 8.34. The summed E-state index contributed by atoms with van der Waals surface area (Å²) in [5, 5.41) is 0. The lowest BCUT2D eigenvalue weighted by molar-refractivity contribution is -0.148. The van der Waals surface area contributed by atoms with Gasteiger partial charge in [-0.05, 0) is 12.5 Å². The fourth-order valence-electron chi connectivity index (χ4n) is 1.91. The maximum atomic E-state index is 13.7. The summed E-state index contributed by atoms with van der Waals surface area (Å²) in [5.74, 6) is -3.29. The van der Waals surface area contributed by atoms with Crippen molar-refractivity contribution in [3.05, 3.63) is 35.9 Å². The molecular weight excluding hydrogens is 334 g/mol. The molecule has 0 aliphatic rings. The van der Waals surface area contributed by atoms with Gasteiger partial charge in [0.1, 0.15) is 6.61 Å². The van der Waals surface area contributed by atoms with E-state index >= 15 is 0 Å². The van der Waals surface area contributed by atoms with Gasteiger partial charge in [0.15, 0.2) is 0 Å². The van der Waals surface area contributed by atoms with E-state index in [1.165, 1.54) is 0 Å². The molecule has 0 aliphatic heterocycles. The van der Waals surface area contributed by atoms with Gasteiger partial charge in [0, 0.05) is 12.8 Å². The summed E-state index contributed by atoms with van der Waals surface area (Å²) in [6.07, 6.45) is -0.720. The molecule has 0 aromatic heterocycles. The van der Waals surface area contributed by atoms with Gasteiger partial charge in [-0.2, -0.15) is 0 Å². The molecule has 0 N–H and O–H groups in total. The van der Waals surface area contributed by atoms with Gasteiger partial charge >= 0.3 is 5.97 Å². The number of hydrogen-bond acceptors (Lipinski definition) is 5. The summed E-state index contributed by atoms with van der Waals surface area (Å²) in [5.41, 5.74) is 0.956. The summed E-state index contributed by atoms with van der Waals surface area (Å²) in [6.45, 7) is 2.39. The average Bonchev–Trinajstić information content (AvgIpc) is 2.59. The Morgan fingerprint density at radius 3 is 2.28 bits per heavy atom. The third-order valence-electron chi connectivity index (χ3n) is 3.23. The highest BCUT2D eigenvalue weighted by Gasteiger charge is 2.28. The Morgan fingerprint density at radius 2 is 1.60 bits per heavy atom. The van der Waals surface area contributed by atoms with Crippen LogP contribution in [0.4, 0.5) is 8.78 Å². The van der Waals surface area contributed by atoms with Crippen molar-refractivity contribution in [2.75, 3.05) is 39.6 Å². The normalized spacial score (nSPS) is 11.5. The summed E-state index contributed by atoms with van der Waals surface area (Å²) >= 11 is 0. The average molecular weight is 360 g/mol. The van der Waals surface area contributed by atoms with E-state index in [0.717, 1.165) is 5.56 Å². The molecule has 142 valence electrons. The fraction of sp³-hybridized carbons (Fsp3) is 0.611. The van der Waals surface area contributed by atoms with Crippen LogP contribution in [0, 0.1) is 0 Å². The fourth-order valence-corrected chi connectivity index (χ4v) is 1.91. The molecule has 0 unspecified atom stereocenters. The van der Waals surface area contributed by atoms with Gasteiger partial charge in [-0.25, -0.2) is 13.6 Å². The number of esters is 1. The van der Waals surface area contributed by atoms with Crippen LogP contribution in [-0.4, -0.2) is 51.5 Å². The molecular formula is C18H26F2O5. The molecule has 0 bridgehead atoms. The molecule has 0 atom stereocenters. The van der Waals surface area contributed by atoms with Crippen molar-refractivity contribution in [1.29, 1.82) is 0 Å². The Kier molecular flexibility index (Phi) is 10.9. The quantitative estimate of drug-likeness (QED) is 0.377. The number of benzene rings is 1. The van der Waals surface area contributed by atoms with E-state index in [1.54, 1.807) is 6.92 Å². The van der Waals surface area contributed by atoms with E-state index in [-0.39, 0.29) is 45.9 Å². The Labute approximate surface area is 147 Å². The first-order valence-corrected chi connectivity index (χ1v) is 8.34. The van der Waals surface area contributed by atoms with Crippen LogP contribution < -0.4 is 0 Å². The maximum absolute atomic E-state index is 13.7. The van der Waals surface area contributed by atoms with Gasteiger partial charge in [-0.1, -0.05) is 30.3 Å². The molecule has 0 saturated heterocycles. The third-order valence-corrected chi connectivity index (χ3v) is 3.23. The SMILES string of the molecule is CCOC(=O)COCCOCCC(F)(F)CCOCc1ccccc1. The van der Waals surface area contributed by atoms with E-state index in [2.05, 4.69) is 4.74 Å². The van der Waals surface area contributed by atoms with E-state index in [0.29, 0.717) is 13.2 Å². The highest BCUT2D eigenvalue weighted by molar-refractivity contribution is 5.70. The van der Waals surface area contributed by atoms with Crippen molar-refractivity contribution < 1.29 is 32.5 Å². The van der Waals surface area contributed by atoms with E-state index in [4.69, 9.17) is 14.2 Å². The number of hydrogen-bond donors (Lipinski definition) is 0. The Bertz CT molecular complexity index is 468. The summed E-state index contributed by atoms with van der Waals surface area (Å²) in [4.78, 5) is 11.0. The van der Waals surface area contributed by atoms with Crippen molar-refractivity contribution in [1.82, 2.24) is 0 Å². The molecule has 0 amide bonds. The predicted molar refractivity (Wildman–Crippen MR) is 88.6 cm³/mol. The molecule has 0 fully saturated rings. The maximum Gasteiger partial charge on any atom is 0.332 e. The first kappa shape index (κ1) is 21.5. The lowest BCUT2D eigenvalue weighted by Crippen LogP contribution is -2.22. The van der Waals surface area contributed by atoms with Crippen LogP contribution in [0.2, 0.25) is 0 Å². The van der Waals surface area contributed by atoms with Crippen LogP contribution >= 0.6 is 0 Å². The standard InChI is InChI=1S/C18H26F2O5/c1-2-25-17(21)15-24-13-12-22-10-8-18(19,20)9-11-23-14-16-6-4-3-5-7-16/h3-7H,2,8-15H2,1H3. The monoisotopic (exact) mass is 360 g/mol. The van der Waals surface area contributed by atoms with E-state index in [9.17, 15) is 13.6 Å². The van der Waals surface area contributed by atoms with Crippen molar-refractivity contribution in [3.8, 4) is 0 Å². The number of ether oxygens (including phenoxy) is 4. The summed E-state index contributed by atoms with van der Waals surface area (Å²) < 4.78 is 47.4. The molecule has 0 radical (unpaired) electrons. The lowest BCUT2D eigenvalue weighted by atomic mass is 10.2. The van der Waals surface area contributed by atoms with Crippen LogP contribution in [0.3, 0.4) is 0 Å². The molecule has 0 saturated carbocycles. The molecule has 25 heavy (non-hydrogen) atoms. The number of carbonyl (C=O) groups excluding carboxylic acids is 1. The van der Waals surface area contributed by atoms with Crippen LogP contribution in [0.15, 0.2) is 30.3 Å². The van der Waals surface area contributed by atoms with Crippen LogP contribution in [0.25, 0.3) is 0 Å². The summed E-state index contributed by atoms with van der Waals surface area (Å²) in [6, 6.07) is 9.41. The number of carbonyl (C=O) groups is 1. The van der Waals surface area contributed by atoms with Crippen molar-refractivity contribution in [3.63, 3.8) is 0 Å². The second-order valence-electron chi connectivity index (χ2n) is 5.36. The predicted octanol–water partition coefficient (Wildman–Crippen LogP) is 3.22. The smallest absolute Gasteiger partial charge is 0.332 e. The van der Waals surface area contributed by atoms with E-state index < -0.39 is 11.9 Å². The van der Waals surface area contributed by atoms with Gasteiger partial charge in [-0.3, -0.25) is 0 Å². The topological polar surface area (TPSA) is 54.0 Å². The Balaban J connectivity index is 1.98. The highest BCUT2D eigenvalue weighted by Crippen LogP contribution is 2.23. The Morgan fingerprint density at radius 1 is 0.960 bits per heavy atom. The number of rotatable bonds is 14. The van der Waals surface area contributed by atoms with Crippen molar-refractivity contribution in [2.45, 2.75) is 32.3 Å². The van der Waals surface area contributed by atoms with Gasteiger partial charge < -0.3 is 18.9 Å². The second-order valence-corrected chi connectivity index (χ2v) is 5.36. The minimum atomic E-state index is -2.83. The van der Waals surface area contributed by atoms with Gasteiger partial charge in [0.05, 0.1) is 39.6 Å². The van der Waals surface area contributed by atoms with Crippen LogP contribution in [-0.2, 0) is 30.3 Å². The largest absolute Gasteiger partial charge is 0.464 e. The van der Waals surface area contributed by atoms with E-state index in [1.807, 2.05) is 30.3 Å². The molecule has 5 nitrogen and oxygen atoms in total. The van der Waals surface area contributed by atoms with Crippen molar-refractivity contribution >= 4 is 5.97 Å². The third kappa shape index (κ3) is 11.6. The highest BCUT2D eigenvalue weighted by atomic mass is 19.3. The van der Waals surface area contributed by atoms with Crippen molar-refractivity contribution in [2.24, 2.45) is 0 Å². The molecule has 7 heteroatoms. The zero-order chi connectivity index (χ0) is 18.4. The Hall–Kier alpha value is -1.57. The lowest BCUT2D eigenvalue weighted by Gasteiger charge is -2.16. The second kappa shape index (κ2) is 12.7. The minimum Gasteiger partial charge on any atom is -0.464 e. The van der Waals surface area contributed by atoms with Gasteiger partial charge in [0.2, 0.25) is 0 Å². The first-order chi connectivity index (χ1) is 12.0. The number of halogens is 2.